The maximum Gasteiger partial charge on any atom is 0.276 e. The quantitative estimate of drug-likeness (QED) is 0.784. The Bertz CT molecular complexity index is 893. The first kappa shape index (κ1) is 16.3. The second-order valence-electron chi connectivity index (χ2n) is 6.33. The molecule has 130 valence electrons. The van der Waals surface area contributed by atoms with Gasteiger partial charge in [0.25, 0.3) is 5.91 Å². The number of aryl methyl sites for hydroxylation is 1. The van der Waals surface area contributed by atoms with E-state index in [9.17, 15) is 4.79 Å². The van der Waals surface area contributed by atoms with Crippen molar-refractivity contribution in [2.24, 2.45) is 0 Å². The molecule has 0 aliphatic carbocycles. The van der Waals surface area contributed by atoms with Gasteiger partial charge in [-0.1, -0.05) is 18.2 Å². The van der Waals surface area contributed by atoms with E-state index in [0.717, 1.165) is 36.3 Å². The third-order valence-electron chi connectivity index (χ3n) is 4.58. The van der Waals surface area contributed by atoms with Gasteiger partial charge in [0, 0.05) is 31.2 Å². The smallest absolute Gasteiger partial charge is 0.276 e. The number of para-hydroxylation sites is 1. The van der Waals surface area contributed by atoms with Crippen LogP contribution in [0.25, 0.3) is 0 Å². The molecule has 4 rings (SSSR count). The molecule has 1 aliphatic heterocycles. The highest BCUT2D eigenvalue weighted by molar-refractivity contribution is 6.05. The van der Waals surface area contributed by atoms with Crippen LogP contribution in [-0.2, 0) is 13.0 Å². The molecule has 1 aliphatic rings. The van der Waals surface area contributed by atoms with Gasteiger partial charge in [0.1, 0.15) is 5.69 Å². The van der Waals surface area contributed by atoms with Crippen molar-refractivity contribution in [2.45, 2.75) is 19.4 Å². The molecule has 0 atom stereocenters. The number of carbonyl (C=O) groups is 1. The van der Waals surface area contributed by atoms with Gasteiger partial charge in [0.2, 0.25) is 0 Å². The molecule has 3 heterocycles. The summed E-state index contributed by atoms with van der Waals surface area (Å²) in [5, 5.41) is 3.31. The minimum Gasteiger partial charge on any atom is -0.380 e. The topological polar surface area (TPSA) is 58.1 Å². The zero-order chi connectivity index (χ0) is 17.8. The highest BCUT2D eigenvalue weighted by Crippen LogP contribution is 2.27. The van der Waals surface area contributed by atoms with Gasteiger partial charge in [0.05, 0.1) is 11.9 Å². The van der Waals surface area contributed by atoms with Crippen LogP contribution >= 0.6 is 0 Å². The Morgan fingerprint density at radius 2 is 1.92 bits per heavy atom. The van der Waals surface area contributed by atoms with Crippen molar-refractivity contribution >= 4 is 17.3 Å². The number of amides is 1. The predicted molar refractivity (Wildman–Crippen MR) is 102 cm³/mol. The minimum absolute atomic E-state index is 0.0437. The Labute approximate surface area is 152 Å². The van der Waals surface area contributed by atoms with Gasteiger partial charge in [-0.3, -0.25) is 9.78 Å². The number of anilines is 2. The number of pyridine rings is 2. The first-order valence-corrected chi connectivity index (χ1v) is 8.80. The van der Waals surface area contributed by atoms with Crippen molar-refractivity contribution in [1.82, 2.24) is 9.97 Å². The fraction of sp³-hybridized carbons (Fsp3) is 0.190. The molecule has 0 unspecified atom stereocenters. The molecule has 1 amide bonds. The van der Waals surface area contributed by atoms with E-state index in [0.29, 0.717) is 12.2 Å². The molecule has 0 bridgehead atoms. The number of benzene rings is 1. The van der Waals surface area contributed by atoms with Crippen molar-refractivity contribution in [3.05, 3.63) is 83.9 Å². The molecule has 0 radical (unpaired) electrons. The summed E-state index contributed by atoms with van der Waals surface area (Å²) >= 11 is 0. The lowest BCUT2D eigenvalue weighted by Gasteiger charge is -2.29. The van der Waals surface area contributed by atoms with E-state index in [-0.39, 0.29) is 5.91 Å². The Balaban J connectivity index is 1.46. The molecule has 26 heavy (non-hydrogen) atoms. The van der Waals surface area contributed by atoms with Crippen molar-refractivity contribution in [2.75, 3.05) is 16.8 Å². The summed E-state index contributed by atoms with van der Waals surface area (Å²) in [4.78, 5) is 23.1. The van der Waals surface area contributed by atoms with Crippen LogP contribution in [-0.4, -0.2) is 22.4 Å². The van der Waals surface area contributed by atoms with E-state index in [4.69, 9.17) is 0 Å². The van der Waals surface area contributed by atoms with Crippen molar-refractivity contribution < 1.29 is 4.79 Å². The molecule has 0 fully saturated rings. The fourth-order valence-electron chi connectivity index (χ4n) is 3.21. The molecular weight excluding hydrogens is 324 g/mol. The summed E-state index contributed by atoms with van der Waals surface area (Å²) in [6.45, 7) is 1.43. The number of hydrogen-bond donors (Lipinski definition) is 1. The number of aromatic nitrogens is 2. The van der Waals surface area contributed by atoms with Crippen LogP contribution in [0.4, 0.5) is 11.4 Å². The van der Waals surface area contributed by atoms with Crippen LogP contribution in [0.15, 0.2) is 67.1 Å². The van der Waals surface area contributed by atoms with Crippen LogP contribution in [0, 0.1) is 0 Å². The van der Waals surface area contributed by atoms with Gasteiger partial charge < -0.3 is 10.2 Å². The van der Waals surface area contributed by atoms with Gasteiger partial charge in [-0.15, -0.1) is 0 Å². The maximum absolute atomic E-state index is 12.9. The monoisotopic (exact) mass is 344 g/mol. The SMILES string of the molecule is O=C(c1ccc(NCc2ccncc2)cn1)N1CCCc2ccccc21. The number of fused-ring (bicyclic) bond motifs is 1. The molecule has 5 heteroatoms. The summed E-state index contributed by atoms with van der Waals surface area (Å²) < 4.78 is 0. The van der Waals surface area contributed by atoms with Gasteiger partial charge in [-0.2, -0.15) is 0 Å². The van der Waals surface area contributed by atoms with Crippen molar-refractivity contribution in [1.29, 1.82) is 0 Å². The summed E-state index contributed by atoms with van der Waals surface area (Å²) in [5.74, 6) is -0.0437. The van der Waals surface area contributed by atoms with Crippen LogP contribution in [0.5, 0.6) is 0 Å². The molecule has 5 nitrogen and oxygen atoms in total. The lowest BCUT2D eigenvalue weighted by molar-refractivity contribution is 0.0980. The molecule has 0 saturated carbocycles. The highest BCUT2D eigenvalue weighted by atomic mass is 16.2. The number of hydrogen-bond acceptors (Lipinski definition) is 4. The fourth-order valence-corrected chi connectivity index (χ4v) is 3.21. The lowest BCUT2D eigenvalue weighted by atomic mass is 10.0. The van der Waals surface area contributed by atoms with Crippen LogP contribution in [0.3, 0.4) is 0 Å². The molecule has 2 aromatic heterocycles. The second-order valence-corrected chi connectivity index (χ2v) is 6.33. The first-order valence-electron chi connectivity index (χ1n) is 8.80. The number of nitrogens with one attached hydrogen (secondary N) is 1. The maximum atomic E-state index is 12.9. The number of rotatable bonds is 4. The second kappa shape index (κ2) is 7.35. The van der Waals surface area contributed by atoms with Crippen LogP contribution < -0.4 is 10.2 Å². The average molecular weight is 344 g/mol. The van der Waals surface area contributed by atoms with E-state index in [1.54, 1.807) is 24.7 Å². The average Bonchev–Trinajstić information content (AvgIpc) is 2.72. The lowest BCUT2D eigenvalue weighted by Crippen LogP contribution is -2.35. The Kier molecular flexibility index (Phi) is 4.60. The third-order valence-corrected chi connectivity index (χ3v) is 4.58. The standard InChI is InChI=1S/C21H20N4O/c26-21(25-13-3-5-17-4-1-2-6-20(17)25)19-8-7-18(15-24-19)23-14-16-9-11-22-12-10-16/h1-2,4,6-12,15,23H,3,5,13-14H2. The van der Waals surface area contributed by atoms with Gasteiger partial charge >= 0.3 is 0 Å². The summed E-state index contributed by atoms with van der Waals surface area (Å²) in [5.41, 5.74) is 4.73. The summed E-state index contributed by atoms with van der Waals surface area (Å²) in [6, 6.07) is 15.7. The van der Waals surface area contributed by atoms with Crippen molar-refractivity contribution in [3.63, 3.8) is 0 Å². The molecular formula is C21H20N4O. The Hall–Kier alpha value is -3.21. The van der Waals surface area contributed by atoms with E-state index >= 15 is 0 Å². The van der Waals surface area contributed by atoms with E-state index in [2.05, 4.69) is 21.4 Å². The van der Waals surface area contributed by atoms with Gasteiger partial charge in [-0.25, -0.2) is 4.98 Å². The molecule has 0 saturated heterocycles. The molecule has 0 spiro atoms. The molecule has 1 aromatic carbocycles. The Morgan fingerprint density at radius 1 is 1.08 bits per heavy atom. The number of carbonyl (C=O) groups excluding carboxylic acids is 1. The van der Waals surface area contributed by atoms with E-state index in [1.165, 1.54) is 5.56 Å². The zero-order valence-corrected chi connectivity index (χ0v) is 14.4. The summed E-state index contributed by atoms with van der Waals surface area (Å²) in [7, 11) is 0. The number of nitrogens with zero attached hydrogens (tertiary/aromatic N) is 3. The van der Waals surface area contributed by atoms with Crippen molar-refractivity contribution in [3.8, 4) is 0 Å². The van der Waals surface area contributed by atoms with E-state index in [1.807, 2.05) is 41.3 Å². The van der Waals surface area contributed by atoms with Crippen LogP contribution in [0.1, 0.15) is 28.0 Å². The minimum atomic E-state index is -0.0437. The highest BCUT2D eigenvalue weighted by Gasteiger charge is 2.23. The van der Waals surface area contributed by atoms with Gasteiger partial charge in [-0.05, 0) is 54.3 Å². The molecule has 3 aromatic rings. The third kappa shape index (κ3) is 3.42. The largest absolute Gasteiger partial charge is 0.380 e. The van der Waals surface area contributed by atoms with Crippen LogP contribution in [0.2, 0.25) is 0 Å². The molecule has 1 N–H and O–H groups in total. The summed E-state index contributed by atoms with van der Waals surface area (Å²) in [6.07, 6.45) is 7.25. The van der Waals surface area contributed by atoms with Gasteiger partial charge in [0.15, 0.2) is 0 Å². The Morgan fingerprint density at radius 3 is 2.73 bits per heavy atom. The normalized spacial score (nSPS) is 13.2. The zero-order valence-electron chi connectivity index (χ0n) is 14.4. The predicted octanol–water partition coefficient (Wildman–Crippen LogP) is 3.68. The first-order chi connectivity index (χ1) is 12.8. The van der Waals surface area contributed by atoms with E-state index < -0.39 is 0 Å².